The molecule has 88 valence electrons. The van der Waals surface area contributed by atoms with Crippen molar-refractivity contribution < 1.29 is 9.18 Å². The largest absolute Gasteiger partial charge is 0.351 e. The van der Waals surface area contributed by atoms with Gasteiger partial charge in [0.25, 0.3) is 0 Å². The third kappa shape index (κ3) is 4.94. The average Bonchev–Trinajstić information content (AvgIpc) is 2.35. The Balaban J connectivity index is 2.46. The minimum Gasteiger partial charge on any atom is -0.351 e. The number of carbonyl (C=O) groups excluding carboxylic acids is 1. The molecule has 0 fully saturated rings. The van der Waals surface area contributed by atoms with Gasteiger partial charge in [0.1, 0.15) is 5.82 Å². The van der Waals surface area contributed by atoms with Gasteiger partial charge in [-0.2, -0.15) is 5.26 Å². The fraction of sp³-hybridized carbons (Fsp3) is 0.231. The summed E-state index contributed by atoms with van der Waals surface area (Å²) in [5.41, 5.74) is 0.745. The van der Waals surface area contributed by atoms with Crippen LogP contribution in [0.2, 0.25) is 0 Å². The van der Waals surface area contributed by atoms with E-state index in [9.17, 15) is 9.18 Å². The smallest absolute Gasteiger partial charge is 0.244 e. The Morgan fingerprint density at radius 3 is 2.76 bits per heavy atom. The Bertz CT molecular complexity index is 445. The SMILES string of the molecule is CC(C#N)CNC(=O)/C=C/c1ccc(F)cc1. The van der Waals surface area contributed by atoms with E-state index < -0.39 is 0 Å². The van der Waals surface area contributed by atoms with Gasteiger partial charge in [0.05, 0.1) is 12.0 Å². The van der Waals surface area contributed by atoms with Gasteiger partial charge in [0, 0.05) is 12.6 Å². The summed E-state index contributed by atoms with van der Waals surface area (Å²) >= 11 is 0. The first-order valence-corrected chi connectivity index (χ1v) is 5.23. The molecule has 0 aliphatic rings. The van der Waals surface area contributed by atoms with Gasteiger partial charge < -0.3 is 5.32 Å². The summed E-state index contributed by atoms with van der Waals surface area (Å²) < 4.78 is 12.6. The van der Waals surface area contributed by atoms with Gasteiger partial charge in [-0.3, -0.25) is 4.79 Å². The summed E-state index contributed by atoms with van der Waals surface area (Å²) in [5.74, 6) is -0.788. The lowest BCUT2D eigenvalue weighted by Crippen LogP contribution is -2.25. The predicted molar refractivity (Wildman–Crippen MR) is 63.2 cm³/mol. The number of hydrogen-bond donors (Lipinski definition) is 1. The molecule has 1 aromatic rings. The second-order valence-electron chi connectivity index (χ2n) is 3.66. The Morgan fingerprint density at radius 1 is 1.53 bits per heavy atom. The Hall–Kier alpha value is -2.15. The van der Waals surface area contributed by atoms with Gasteiger partial charge in [-0.05, 0) is 30.7 Å². The summed E-state index contributed by atoms with van der Waals surface area (Å²) in [6.45, 7) is 2.05. The maximum absolute atomic E-state index is 12.6. The molecule has 0 saturated heterocycles. The molecule has 0 radical (unpaired) electrons. The summed E-state index contributed by atoms with van der Waals surface area (Å²) in [5, 5.41) is 11.1. The summed E-state index contributed by atoms with van der Waals surface area (Å²) in [6, 6.07) is 7.84. The van der Waals surface area contributed by atoms with Gasteiger partial charge >= 0.3 is 0 Å². The highest BCUT2D eigenvalue weighted by Gasteiger charge is 2.00. The van der Waals surface area contributed by atoms with Crippen LogP contribution in [0.25, 0.3) is 6.08 Å². The van der Waals surface area contributed by atoms with Crippen molar-refractivity contribution in [3.05, 3.63) is 41.7 Å². The molecule has 1 N–H and O–H groups in total. The molecule has 17 heavy (non-hydrogen) atoms. The molecule has 0 bridgehead atoms. The second-order valence-corrected chi connectivity index (χ2v) is 3.66. The molecule has 0 spiro atoms. The van der Waals surface area contributed by atoms with Crippen molar-refractivity contribution in [3.8, 4) is 6.07 Å². The zero-order valence-electron chi connectivity index (χ0n) is 9.48. The zero-order chi connectivity index (χ0) is 12.7. The minimum absolute atomic E-state index is 0.210. The number of nitriles is 1. The molecular formula is C13H13FN2O. The number of nitrogens with one attached hydrogen (secondary N) is 1. The predicted octanol–water partition coefficient (Wildman–Crippen LogP) is 2.11. The molecule has 1 unspecified atom stereocenters. The molecule has 3 nitrogen and oxygen atoms in total. The molecule has 0 saturated carbocycles. The topological polar surface area (TPSA) is 52.9 Å². The molecule has 0 aliphatic heterocycles. The first-order valence-electron chi connectivity index (χ1n) is 5.23. The molecule has 1 atom stereocenters. The Labute approximate surface area is 99.6 Å². The van der Waals surface area contributed by atoms with Crippen molar-refractivity contribution >= 4 is 12.0 Å². The van der Waals surface area contributed by atoms with E-state index >= 15 is 0 Å². The fourth-order valence-electron chi connectivity index (χ4n) is 1.10. The molecule has 1 rings (SSSR count). The number of halogens is 1. The van der Waals surface area contributed by atoms with Crippen LogP contribution >= 0.6 is 0 Å². The van der Waals surface area contributed by atoms with E-state index in [0.717, 1.165) is 5.56 Å². The van der Waals surface area contributed by atoms with Crippen LogP contribution in [0.3, 0.4) is 0 Å². The van der Waals surface area contributed by atoms with Gasteiger partial charge in [0.2, 0.25) is 5.91 Å². The molecule has 1 aromatic carbocycles. The first-order chi connectivity index (χ1) is 8.11. The Morgan fingerprint density at radius 2 is 2.18 bits per heavy atom. The van der Waals surface area contributed by atoms with Crippen molar-refractivity contribution in [1.82, 2.24) is 5.32 Å². The summed E-state index contributed by atoms with van der Waals surface area (Å²) in [4.78, 5) is 11.3. The first kappa shape index (κ1) is 12.9. The third-order valence-electron chi connectivity index (χ3n) is 2.10. The average molecular weight is 232 g/mol. The summed E-state index contributed by atoms with van der Waals surface area (Å²) in [6.07, 6.45) is 2.95. The van der Waals surface area contributed by atoms with Crippen LogP contribution in [-0.4, -0.2) is 12.5 Å². The summed E-state index contributed by atoms with van der Waals surface area (Å²) in [7, 11) is 0. The van der Waals surface area contributed by atoms with E-state index in [-0.39, 0.29) is 17.6 Å². The molecule has 4 heteroatoms. The number of amides is 1. The van der Waals surface area contributed by atoms with Crippen LogP contribution in [0.4, 0.5) is 4.39 Å². The molecule has 0 aromatic heterocycles. The lowest BCUT2D eigenvalue weighted by Gasteiger charge is -2.02. The third-order valence-corrected chi connectivity index (χ3v) is 2.10. The number of nitrogens with zero attached hydrogens (tertiary/aromatic N) is 1. The quantitative estimate of drug-likeness (QED) is 0.808. The van der Waals surface area contributed by atoms with E-state index in [1.165, 1.54) is 18.2 Å². The van der Waals surface area contributed by atoms with E-state index in [2.05, 4.69) is 5.32 Å². The Kier molecular flexibility index (Phi) is 4.89. The molecule has 1 amide bonds. The fourth-order valence-corrected chi connectivity index (χ4v) is 1.10. The maximum Gasteiger partial charge on any atom is 0.244 e. The van der Waals surface area contributed by atoms with Crippen LogP contribution in [0.15, 0.2) is 30.3 Å². The van der Waals surface area contributed by atoms with Crippen molar-refractivity contribution in [3.63, 3.8) is 0 Å². The molecular weight excluding hydrogens is 219 g/mol. The van der Waals surface area contributed by atoms with E-state index in [0.29, 0.717) is 6.54 Å². The van der Waals surface area contributed by atoms with E-state index in [4.69, 9.17) is 5.26 Å². The van der Waals surface area contributed by atoms with E-state index in [1.807, 2.05) is 6.07 Å². The van der Waals surface area contributed by atoms with Crippen molar-refractivity contribution in [2.45, 2.75) is 6.92 Å². The monoisotopic (exact) mass is 232 g/mol. The van der Waals surface area contributed by atoms with Crippen molar-refractivity contribution in [1.29, 1.82) is 5.26 Å². The molecule has 0 heterocycles. The number of rotatable bonds is 4. The maximum atomic E-state index is 12.6. The van der Waals surface area contributed by atoms with Gasteiger partial charge in [-0.25, -0.2) is 4.39 Å². The highest BCUT2D eigenvalue weighted by atomic mass is 19.1. The van der Waals surface area contributed by atoms with Crippen LogP contribution < -0.4 is 5.32 Å². The standard InChI is InChI=1S/C13H13FN2O/c1-10(8-15)9-16-13(17)7-4-11-2-5-12(14)6-3-11/h2-7,10H,9H2,1H3,(H,16,17)/b7-4+. The normalized spacial score (nSPS) is 12.1. The lowest BCUT2D eigenvalue weighted by molar-refractivity contribution is -0.116. The minimum atomic E-state index is -0.311. The van der Waals surface area contributed by atoms with Crippen LogP contribution in [0.5, 0.6) is 0 Å². The highest BCUT2D eigenvalue weighted by Crippen LogP contribution is 2.04. The number of hydrogen-bond acceptors (Lipinski definition) is 2. The van der Waals surface area contributed by atoms with Crippen molar-refractivity contribution in [2.24, 2.45) is 5.92 Å². The van der Waals surface area contributed by atoms with Gasteiger partial charge in [-0.1, -0.05) is 12.1 Å². The van der Waals surface area contributed by atoms with Gasteiger partial charge in [0.15, 0.2) is 0 Å². The van der Waals surface area contributed by atoms with Crippen LogP contribution in [0.1, 0.15) is 12.5 Å². The van der Waals surface area contributed by atoms with Crippen LogP contribution in [0, 0.1) is 23.1 Å². The second kappa shape index (κ2) is 6.44. The molecule has 0 aliphatic carbocycles. The van der Waals surface area contributed by atoms with E-state index in [1.54, 1.807) is 25.1 Å². The lowest BCUT2D eigenvalue weighted by atomic mass is 10.2. The van der Waals surface area contributed by atoms with Crippen LogP contribution in [-0.2, 0) is 4.79 Å². The van der Waals surface area contributed by atoms with Crippen molar-refractivity contribution in [2.75, 3.05) is 6.54 Å². The number of carbonyl (C=O) groups is 1. The zero-order valence-corrected chi connectivity index (χ0v) is 9.48. The van der Waals surface area contributed by atoms with Gasteiger partial charge in [-0.15, -0.1) is 0 Å². The number of benzene rings is 1. The highest BCUT2D eigenvalue weighted by molar-refractivity contribution is 5.91.